The maximum atomic E-state index is 12.3. The van der Waals surface area contributed by atoms with Crippen LogP contribution >= 0.6 is 0 Å². The molecule has 5 heteroatoms. The Bertz CT molecular complexity index is 1040. The van der Waals surface area contributed by atoms with E-state index >= 15 is 0 Å². The van der Waals surface area contributed by atoms with E-state index in [0.717, 1.165) is 27.8 Å². The number of H-pyrrole nitrogens is 1. The Labute approximate surface area is 157 Å². The van der Waals surface area contributed by atoms with Gasteiger partial charge < -0.3 is 15.0 Å². The quantitative estimate of drug-likeness (QED) is 0.540. The van der Waals surface area contributed by atoms with E-state index < -0.39 is 0 Å². The highest BCUT2D eigenvalue weighted by molar-refractivity contribution is 5.95. The van der Waals surface area contributed by atoms with Crippen molar-refractivity contribution in [3.05, 3.63) is 90.3 Å². The zero-order valence-electron chi connectivity index (χ0n) is 14.7. The number of fused-ring (bicyclic) bond motifs is 1. The van der Waals surface area contributed by atoms with Crippen LogP contribution in [0.4, 0.5) is 5.82 Å². The molecule has 1 amide bonds. The number of ether oxygens (including phenoxy) is 1. The van der Waals surface area contributed by atoms with Gasteiger partial charge in [0.1, 0.15) is 18.2 Å². The van der Waals surface area contributed by atoms with Crippen molar-refractivity contribution in [1.29, 1.82) is 0 Å². The van der Waals surface area contributed by atoms with Crippen LogP contribution in [0.15, 0.2) is 79.1 Å². The molecule has 0 aliphatic carbocycles. The topological polar surface area (TPSA) is 67.0 Å². The number of amides is 1. The summed E-state index contributed by atoms with van der Waals surface area (Å²) in [4.78, 5) is 19.6. The van der Waals surface area contributed by atoms with Crippen LogP contribution in [0.25, 0.3) is 10.9 Å². The Hall–Kier alpha value is -3.60. The van der Waals surface area contributed by atoms with Crippen molar-refractivity contribution in [3.63, 3.8) is 0 Å². The molecule has 0 fully saturated rings. The molecule has 0 aliphatic heterocycles. The first-order chi connectivity index (χ1) is 13.3. The molecular weight excluding hydrogens is 338 g/mol. The summed E-state index contributed by atoms with van der Waals surface area (Å²) < 4.78 is 5.90. The average Bonchev–Trinajstić information content (AvgIpc) is 3.10. The molecular formula is C22H19N3O2. The molecule has 0 spiro atoms. The lowest BCUT2D eigenvalue weighted by molar-refractivity contribution is -0.115. The van der Waals surface area contributed by atoms with Crippen molar-refractivity contribution in [2.75, 3.05) is 5.32 Å². The molecule has 2 N–H and O–H groups in total. The number of anilines is 1. The predicted octanol–water partition coefficient (Wildman–Crippen LogP) is 4.32. The zero-order chi connectivity index (χ0) is 18.5. The van der Waals surface area contributed by atoms with Crippen molar-refractivity contribution in [3.8, 4) is 5.75 Å². The minimum absolute atomic E-state index is 0.106. The minimum Gasteiger partial charge on any atom is -0.489 e. The Morgan fingerprint density at radius 2 is 1.89 bits per heavy atom. The number of benzene rings is 2. The summed E-state index contributed by atoms with van der Waals surface area (Å²) >= 11 is 0. The van der Waals surface area contributed by atoms with Gasteiger partial charge >= 0.3 is 0 Å². The second-order valence-corrected chi connectivity index (χ2v) is 6.24. The Morgan fingerprint density at radius 1 is 1.04 bits per heavy atom. The van der Waals surface area contributed by atoms with Crippen molar-refractivity contribution < 1.29 is 9.53 Å². The summed E-state index contributed by atoms with van der Waals surface area (Å²) in [5.41, 5.74) is 3.01. The predicted molar refractivity (Wildman–Crippen MR) is 106 cm³/mol. The number of hydrogen-bond acceptors (Lipinski definition) is 3. The van der Waals surface area contributed by atoms with Crippen LogP contribution in [0.3, 0.4) is 0 Å². The first kappa shape index (κ1) is 16.8. The van der Waals surface area contributed by atoms with Gasteiger partial charge in [0.05, 0.1) is 6.42 Å². The molecule has 4 aromatic rings. The lowest BCUT2D eigenvalue weighted by Crippen LogP contribution is -2.14. The van der Waals surface area contributed by atoms with Crippen LogP contribution in [0.2, 0.25) is 0 Å². The molecule has 0 saturated heterocycles. The normalized spacial score (nSPS) is 10.7. The SMILES string of the molecule is O=C(Cc1c[nH]c2ccc(OCc3ccccc3)cc12)Nc1ccccn1. The largest absolute Gasteiger partial charge is 0.489 e. The van der Waals surface area contributed by atoms with Gasteiger partial charge in [-0.05, 0) is 41.5 Å². The summed E-state index contributed by atoms with van der Waals surface area (Å²) in [6, 6.07) is 21.3. The van der Waals surface area contributed by atoms with Crippen molar-refractivity contribution in [2.45, 2.75) is 13.0 Å². The molecule has 2 aromatic heterocycles. The van der Waals surface area contributed by atoms with Gasteiger partial charge in [0, 0.05) is 23.3 Å². The lowest BCUT2D eigenvalue weighted by Gasteiger charge is -2.07. The van der Waals surface area contributed by atoms with E-state index in [1.807, 2.05) is 66.9 Å². The number of carbonyl (C=O) groups is 1. The van der Waals surface area contributed by atoms with Gasteiger partial charge in [0.2, 0.25) is 5.91 Å². The van der Waals surface area contributed by atoms with Crippen LogP contribution < -0.4 is 10.1 Å². The van der Waals surface area contributed by atoms with Gasteiger partial charge in [0.25, 0.3) is 0 Å². The molecule has 0 saturated carbocycles. The first-order valence-corrected chi connectivity index (χ1v) is 8.75. The van der Waals surface area contributed by atoms with E-state index in [1.165, 1.54) is 0 Å². The molecule has 0 aliphatic rings. The van der Waals surface area contributed by atoms with Crippen LogP contribution in [0.5, 0.6) is 5.75 Å². The van der Waals surface area contributed by atoms with Crippen LogP contribution in [0.1, 0.15) is 11.1 Å². The second-order valence-electron chi connectivity index (χ2n) is 6.24. The zero-order valence-corrected chi connectivity index (χ0v) is 14.7. The molecule has 0 atom stereocenters. The molecule has 2 aromatic carbocycles. The third kappa shape index (κ3) is 4.15. The highest BCUT2D eigenvalue weighted by Gasteiger charge is 2.10. The number of nitrogens with zero attached hydrogens (tertiary/aromatic N) is 1. The molecule has 2 heterocycles. The highest BCUT2D eigenvalue weighted by atomic mass is 16.5. The maximum Gasteiger partial charge on any atom is 0.230 e. The first-order valence-electron chi connectivity index (χ1n) is 8.75. The molecule has 134 valence electrons. The van der Waals surface area contributed by atoms with E-state index in [-0.39, 0.29) is 12.3 Å². The van der Waals surface area contributed by atoms with Crippen LogP contribution in [-0.2, 0) is 17.8 Å². The smallest absolute Gasteiger partial charge is 0.230 e. The number of carbonyl (C=O) groups excluding carboxylic acids is 1. The van der Waals surface area contributed by atoms with E-state index in [2.05, 4.69) is 15.3 Å². The molecule has 0 radical (unpaired) electrons. The van der Waals surface area contributed by atoms with Gasteiger partial charge in [0.15, 0.2) is 0 Å². The fourth-order valence-corrected chi connectivity index (χ4v) is 2.93. The van der Waals surface area contributed by atoms with Crippen molar-refractivity contribution >= 4 is 22.6 Å². The van der Waals surface area contributed by atoms with Gasteiger partial charge in [-0.25, -0.2) is 4.98 Å². The van der Waals surface area contributed by atoms with Crippen molar-refractivity contribution in [2.24, 2.45) is 0 Å². The van der Waals surface area contributed by atoms with Gasteiger partial charge in [-0.15, -0.1) is 0 Å². The summed E-state index contributed by atoms with van der Waals surface area (Å²) in [6.45, 7) is 0.506. The third-order valence-corrected chi connectivity index (χ3v) is 4.27. The van der Waals surface area contributed by atoms with Gasteiger partial charge in [-0.1, -0.05) is 36.4 Å². The van der Waals surface area contributed by atoms with Crippen LogP contribution in [-0.4, -0.2) is 15.9 Å². The molecule has 27 heavy (non-hydrogen) atoms. The fourth-order valence-electron chi connectivity index (χ4n) is 2.93. The molecule has 0 unspecified atom stereocenters. The maximum absolute atomic E-state index is 12.3. The minimum atomic E-state index is -0.106. The number of nitrogens with one attached hydrogen (secondary N) is 2. The Kier molecular flexibility index (Phi) is 4.83. The fraction of sp³-hybridized carbons (Fsp3) is 0.0909. The van der Waals surface area contributed by atoms with Crippen LogP contribution in [0, 0.1) is 0 Å². The Morgan fingerprint density at radius 3 is 2.70 bits per heavy atom. The summed E-state index contributed by atoms with van der Waals surface area (Å²) in [7, 11) is 0. The number of pyridine rings is 1. The lowest BCUT2D eigenvalue weighted by atomic mass is 10.1. The average molecular weight is 357 g/mol. The number of hydrogen-bond donors (Lipinski definition) is 2. The monoisotopic (exact) mass is 357 g/mol. The number of aromatic amines is 1. The Balaban J connectivity index is 1.47. The van der Waals surface area contributed by atoms with E-state index in [1.54, 1.807) is 12.3 Å². The third-order valence-electron chi connectivity index (χ3n) is 4.27. The summed E-state index contributed by atoms with van der Waals surface area (Å²) in [5, 5.41) is 3.79. The molecule has 4 rings (SSSR count). The molecule has 5 nitrogen and oxygen atoms in total. The van der Waals surface area contributed by atoms with E-state index in [4.69, 9.17) is 4.74 Å². The van der Waals surface area contributed by atoms with E-state index in [9.17, 15) is 4.79 Å². The van der Waals surface area contributed by atoms with Gasteiger partial charge in [-0.3, -0.25) is 4.79 Å². The van der Waals surface area contributed by atoms with Gasteiger partial charge in [-0.2, -0.15) is 0 Å². The highest BCUT2D eigenvalue weighted by Crippen LogP contribution is 2.25. The van der Waals surface area contributed by atoms with E-state index in [0.29, 0.717) is 12.4 Å². The van der Waals surface area contributed by atoms with Crippen molar-refractivity contribution in [1.82, 2.24) is 9.97 Å². The summed E-state index contributed by atoms with van der Waals surface area (Å²) in [5.74, 6) is 1.22. The molecule has 0 bridgehead atoms. The second kappa shape index (κ2) is 7.74. The standard InChI is InChI=1S/C22H19N3O2/c26-22(25-21-8-4-5-11-23-21)12-17-14-24-20-10-9-18(13-19(17)20)27-15-16-6-2-1-3-7-16/h1-11,13-14,24H,12,15H2,(H,23,25,26). The summed E-state index contributed by atoms with van der Waals surface area (Å²) in [6.07, 6.45) is 3.78. The number of aromatic nitrogens is 2. The number of rotatable bonds is 6.